The Hall–Kier alpha value is -1.79. The van der Waals surface area contributed by atoms with Crippen LogP contribution in [0.25, 0.3) is 11.4 Å². The maximum absolute atomic E-state index is 3.64. The molecule has 34 heavy (non-hydrogen) atoms. The van der Waals surface area contributed by atoms with Crippen molar-refractivity contribution >= 4 is 12.4 Å². The van der Waals surface area contributed by atoms with Gasteiger partial charge >= 0.3 is 193 Å². The summed E-state index contributed by atoms with van der Waals surface area (Å²) in [5, 5.41) is 0. The van der Waals surface area contributed by atoms with Crippen LogP contribution < -0.4 is 0 Å². The molecule has 0 N–H and O–H groups in total. The van der Waals surface area contributed by atoms with E-state index < -0.39 is 0 Å². The summed E-state index contributed by atoms with van der Waals surface area (Å²) in [5.41, 5.74) is 8.18. The van der Waals surface area contributed by atoms with E-state index in [1.165, 1.54) is 39.7 Å². The molecule has 3 aromatic rings. The Labute approximate surface area is 224 Å². The second-order valence-electron chi connectivity index (χ2n) is 9.76. The van der Waals surface area contributed by atoms with Crippen LogP contribution in [0.2, 0.25) is 0 Å². The molecule has 1 aromatic heterocycles. The first-order valence-electron chi connectivity index (χ1n) is 12.0. The van der Waals surface area contributed by atoms with Crippen molar-refractivity contribution in [3.05, 3.63) is 94.5 Å². The largest absolute Gasteiger partial charge is 0.147 e. The van der Waals surface area contributed by atoms with Crippen LogP contribution in [0.5, 0.6) is 0 Å². The van der Waals surface area contributed by atoms with Crippen LogP contribution in [0.1, 0.15) is 101 Å². The molecule has 0 amide bonds. The molecule has 0 spiro atoms. The molecule has 0 radical (unpaired) electrons. The number of allylic oxidation sites excluding steroid dienone is 1. The fraction of sp³-hybridized carbons (Fsp3) is 0.400. The maximum atomic E-state index is 3.64. The minimum atomic E-state index is 0. The van der Waals surface area contributed by atoms with Crippen molar-refractivity contribution in [3.8, 4) is 11.4 Å². The third-order valence-electron chi connectivity index (χ3n) is 5.90. The van der Waals surface area contributed by atoms with E-state index in [4.69, 9.17) is 0 Å². The number of halogens is 1. The van der Waals surface area contributed by atoms with E-state index >= 15 is 0 Å². The number of hydrogen-bond acceptors (Lipinski definition) is 0. The van der Waals surface area contributed by atoms with Gasteiger partial charge in [0.25, 0.3) is 0 Å². The molecule has 0 fully saturated rings. The standard InChI is InChI=1S/C27H36N2.C3H5.ClH.Pd/c1-18(2)22-11-9-12-23(19(3)4)26(22)28-15-16-29(17-28)27-24(20(5)6)13-10-14-25(27)21(7)8;1-3-2;;/h9-16,18-21H,1-8H3;3H,1-2H2;1H;/q;-1;;. The molecule has 1 heterocycles. The van der Waals surface area contributed by atoms with Crippen LogP contribution >= 0.6 is 12.4 Å². The van der Waals surface area contributed by atoms with Crippen LogP contribution in [0.4, 0.5) is 0 Å². The summed E-state index contributed by atoms with van der Waals surface area (Å²) >= 11 is 3.64. The van der Waals surface area contributed by atoms with Gasteiger partial charge in [0.1, 0.15) is 0 Å². The molecule has 0 bridgehead atoms. The molecule has 0 aliphatic rings. The van der Waals surface area contributed by atoms with Crippen LogP contribution in [-0.4, -0.2) is 9.13 Å². The molecule has 0 unspecified atom stereocenters. The van der Waals surface area contributed by atoms with Crippen molar-refractivity contribution in [1.29, 1.82) is 0 Å². The molecule has 0 saturated carbocycles. The van der Waals surface area contributed by atoms with Gasteiger partial charge in [0.15, 0.2) is 0 Å². The van der Waals surface area contributed by atoms with Gasteiger partial charge < -0.3 is 0 Å². The smallest absolute Gasteiger partial charge is 0.147 e. The van der Waals surface area contributed by atoms with Gasteiger partial charge in [0, 0.05) is 0 Å². The minimum absolute atomic E-state index is 0. The van der Waals surface area contributed by atoms with Crippen molar-refractivity contribution in [2.45, 2.75) is 79.1 Å². The van der Waals surface area contributed by atoms with Gasteiger partial charge in [-0.2, -0.15) is 0 Å². The zero-order valence-corrected chi connectivity index (χ0v) is 24.4. The Balaban J connectivity index is 0.00000137. The molecular weight excluding hydrogens is 530 g/mol. The summed E-state index contributed by atoms with van der Waals surface area (Å²) < 4.78 is 5.78. The van der Waals surface area contributed by atoms with Crippen molar-refractivity contribution in [2.75, 3.05) is 0 Å². The fourth-order valence-corrected chi connectivity index (χ4v) is 4.84. The number of nitrogens with zero attached hydrogens (tertiary/aromatic N) is 2. The average molecular weight is 573 g/mol. The van der Waals surface area contributed by atoms with Gasteiger partial charge in [-0.1, -0.05) is 0 Å². The molecule has 0 atom stereocenters. The topological polar surface area (TPSA) is 9.86 Å². The second-order valence-corrected chi connectivity index (χ2v) is 10.5. The van der Waals surface area contributed by atoms with Gasteiger partial charge in [-0.3, -0.25) is 0 Å². The van der Waals surface area contributed by atoms with Crippen LogP contribution in [-0.2, 0) is 18.7 Å². The van der Waals surface area contributed by atoms with E-state index in [0.29, 0.717) is 23.7 Å². The quantitative estimate of drug-likeness (QED) is 0.206. The van der Waals surface area contributed by atoms with E-state index in [9.17, 15) is 0 Å². The molecule has 2 aromatic carbocycles. The Morgan fingerprint density at radius 3 is 1.12 bits per heavy atom. The number of benzene rings is 2. The fourth-order valence-electron chi connectivity index (χ4n) is 4.26. The van der Waals surface area contributed by atoms with Crippen LogP contribution in [0.15, 0.2) is 61.4 Å². The zero-order valence-electron chi connectivity index (χ0n) is 22.0. The Bertz CT molecular complexity index is 996. The first kappa shape index (κ1) is 30.2. The average Bonchev–Trinajstić information content (AvgIpc) is 3.13. The third-order valence-corrected chi connectivity index (χ3v) is 6.65. The minimum Gasteiger partial charge on any atom is -0.147 e. The summed E-state index contributed by atoms with van der Waals surface area (Å²) in [6.45, 7) is 24.7. The Morgan fingerprint density at radius 2 is 0.912 bits per heavy atom. The van der Waals surface area contributed by atoms with Crippen LogP contribution in [0.3, 0.4) is 0 Å². The molecule has 2 nitrogen and oxygen atoms in total. The van der Waals surface area contributed by atoms with Gasteiger partial charge in [-0.05, 0) is 0 Å². The molecule has 0 aliphatic heterocycles. The number of rotatable bonds is 6. The predicted octanol–water partition coefficient (Wildman–Crippen LogP) is 9.27. The van der Waals surface area contributed by atoms with Crippen molar-refractivity contribution in [2.24, 2.45) is 0 Å². The van der Waals surface area contributed by atoms with E-state index in [-0.39, 0.29) is 12.4 Å². The van der Waals surface area contributed by atoms with Crippen molar-refractivity contribution in [3.63, 3.8) is 0 Å². The summed E-state index contributed by atoms with van der Waals surface area (Å²) in [7, 11) is 0. The number of para-hydroxylation sites is 2. The first-order valence-corrected chi connectivity index (χ1v) is 12.8. The van der Waals surface area contributed by atoms with E-state index in [0.717, 1.165) is 3.89 Å². The van der Waals surface area contributed by atoms with Crippen molar-refractivity contribution in [1.82, 2.24) is 9.13 Å². The second kappa shape index (κ2) is 13.3. The summed E-state index contributed by atoms with van der Waals surface area (Å²) in [4.78, 5) is 0. The number of aromatic nitrogens is 2. The molecule has 0 aliphatic carbocycles. The number of imidazole rings is 1. The Kier molecular flexibility index (Phi) is 11.9. The monoisotopic (exact) mass is 571 g/mol. The van der Waals surface area contributed by atoms with Crippen molar-refractivity contribution < 1.29 is 18.7 Å². The SMILES string of the molecule is C=C[CH2-].CC(C)c1cccc(C(C)C)c1-n1ccn(-c2c(C(C)C)cccc2C(C)C)[c]1=[Pd].Cl. The zero-order chi connectivity index (χ0) is 24.9. The van der Waals surface area contributed by atoms with Gasteiger partial charge in [-0.15, -0.1) is 12.4 Å². The Morgan fingerprint density at radius 1 is 0.676 bits per heavy atom. The third kappa shape index (κ3) is 6.45. The molecule has 4 heteroatoms. The predicted molar refractivity (Wildman–Crippen MR) is 147 cm³/mol. The maximum Gasteiger partial charge on any atom is -0.147 e. The van der Waals surface area contributed by atoms with E-state index in [2.05, 4.69) is 146 Å². The van der Waals surface area contributed by atoms with Gasteiger partial charge in [0.05, 0.1) is 0 Å². The van der Waals surface area contributed by atoms with Gasteiger partial charge in [-0.25, -0.2) is 19.6 Å². The molecule has 0 saturated heterocycles. The summed E-state index contributed by atoms with van der Waals surface area (Å²) in [6.07, 6.45) is 5.93. The van der Waals surface area contributed by atoms with E-state index in [1.807, 2.05) is 0 Å². The molecule has 3 rings (SSSR count). The molecule has 190 valence electrons. The van der Waals surface area contributed by atoms with E-state index in [1.54, 1.807) is 0 Å². The normalized spacial score (nSPS) is 11.0. The summed E-state index contributed by atoms with van der Waals surface area (Å²) in [5.74, 6) is 1.83. The molecular formula is C30H42ClN2Pd-. The van der Waals surface area contributed by atoms with Crippen LogP contribution in [0, 0.1) is 10.8 Å². The number of hydrogen-bond donors (Lipinski definition) is 0. The summed E-state index contributed by atoms with van der Waals surface area (Å²) in [6, 6.07) is 13.5. The first-order chi connectivity index (χ1) is 15.6. The van der Waals surface area contributed by atoms with Gasteiger partial charge in [0.2, 0.25) is 0 Å².